The smallest absolute Gasteiger partial charge is 0.306 e. The summed E-state index contributed by atoms with van der Waals surface area (Å²) in [4.78, 5) is 24.8. The molecule has 0 amide bonds. The summed E-state index contributed by atoms with van der Waals surface area (Å²) in [6.45, 7) is 4.50. The Morgan fingerprint density at radius 1 is 0.655 bits per heavy atom. The summed E-state index contributed by atoms with van der Waals surface area (Å²) >= 11 is 0. The van der Waals surface area contributed by atoms with Gasteiger partial charge in [-0.1, -0.05) is 158 Å². The van der Waals surface area contributed by atoms with Crippen LogP contribution in [0.15, 0.2) is 73.1 Å². The Balaban J connectivity index is 2.28. The average Bonchev–Trinajstić information content (AvgIpc) is 3.94. The summed E-state index contributed by atoms with van der Waals surface area (Å²) in [7, 11) is 1.31. The van der Waals surface area contributed by atoms with E-state index in [1.54, 1.807) is 6.26 Å². The van der Waals surface area contributed by atoms with Crippen molar-refractivity contribution in [1.29, 1.82) is 0 Å². The number of hydrogen-bond donors (Lipinski definition) is 0. The molecule has 4 atom stereocenters. The molecule has 0 aliphatic carbocycles. The van der Waals surface area contributed by atoms with Gasteiger partial charge < -0.3 is 32.6 Å². The van der Waals surface area contributed by atoms with Crippen LogP contribution >= 0.6 is 7.82 Å². The van der Waals surface area contributed by atoms with E-state index >= 15 is 0 Å². The number of unbranched alkanes of at least 4 members (excludes halogenated alkanes) is 14. The van der Waals surface area contributed by atoms with E-state index in [2.05, 4.69) is 62.5 Å². The Bertz CT molecular complexity index is 1220. The molecule has 0 radical (unpaired) electrons. The molecule has 0 aromatic heterocycles. The van der Waals surface area contributed by atoms with Crippen molar-refractivity contribution < 1.29 is 42.0 Å². The number of likely N-dealkylation sites (N-methyl/N-ethyl adjacent to an activating group) is 1. The standard InChI is InChI=1S/C48H84NO8P/c1-6-8-10-11-12-13-14-15-16-17-20-23-26-29-32-36-41-53-45(44-56-58(51,52)55-42-40-49(3,4)5)43-54-48(50)39-35-31-28-25-22-19-18-21-24-27-30-34-38-47-46(57-47)37-33-9-7-2/h9,19,21-22,24,28,30-31,33-34,36,41,45-47H,6-8,10-18,20,23,25-27,29,32,35,37-40,42-44H2,1-5H3/b22-19-,24-21-,31-28-,33-9-,34-30-,41-36+/t45-,46?,47?/m1/s1. The Hall–Kier alpha value is -2.26. The molecule has 9 nitrogen and oxygen atoms in total. The van der Waals surface area contributed by atoms with Crippen LogP contribution in [0, 0.1) is 0 Å². The predicted octanol–water partition coefficient (Wildman–Crippen LogP) is 12.2. The van der Waals surface area contributed by atoms with E-state index in [9.17, 15) is 14.3 Å². The van der Waals surface area contributed by atoms with Crippen LogP contribution in [-0.4, -0.2) is 76.3 Å². The Morgan fingerprint density at radius 2 is 1.17 bits per heavy atom. The van der Waals surface area contributed by atoms with Crippen molar-refractivity contribution >= 4 is 13.8 Å². The zero-order valence-electron chi connectivity index (χ0n) is 37.4. The van der Waals surface area contributed by atoms with Crippen molar-refractivity contribution in [1.82, 2.24) is 0 Å². The van der Waals surface area contributed by atoms with Crippen molar-refractivity contribution in [2.75, 3.05) is 47.5 Å². The second kappa shape index (κ2) is 36.6. The summed E-state index contributed by atoms with van der Waals surface area (Å²) in [6.07, 6.45) is 50.7. The van der Waals surface area contributed by atoms with E-state index < -0.39 is 13.9 Å². The molecule has 0 saturated carbocycles. The Kier molecular flexibility index (Phi) is 33.9. The van der Waals surface area contributed by atoms with Gasteiger partial charge in [-0.2, -0.15) is 0 Å². The minimum atomic E-state index is -4.54. The van der Waals surface area contributed by atoms with Crippen LogP contribution in [0.2, 0.25) is 0 Å². The largest absolute Gasteiger partial charge is 0.756 e. The predicted molar refractivity (Wildman–Crippen MR) is 239 cm³/mol. The number of phosphoric ester groups is 1. The topological polar surface area (TPSA) is 107 Å². The minimum Gasteiger partial charge on any atom is -0.756 e. The van der Waals surface area contributed by atoms with E-state index in [1.165, 1.54) is 83.5 Å². The molecule has 3 unspecified atom stereocenters. The third-order valence-electron chi connectivity index (χ3n) is 9.78. The fourth-order valence-electron chi connectivity index (χ4n) is 6.07. The maximum Gasteiger partial charge on any atom is 0.306 e. The molecule has 58 heavy (non-hydrogen) atoms. The number of allylic oxidation sites excluding steroid dienone is 9. The first-order valence-corrected chi connectivity index (χ1v) is 24.3. The van der Waals surface area contributed by atoms with Gasteiger partial charge in [-0.25, -0.2) is 0 Å². The van der Waals surface area contributed by atoms with Crippen molar-refractivity contribution in [3.63, 3.8) is 0 Å². The number of nitrogens with zero attached hydrogens (tertiary/aromatic N) is 1. The summed E-state index contributed by atoms with van der Waals surface area (Å²) in [5.41, 5.74) is 0. The van der Waals surface area contributed by atoms with Crippen molar-refractivity contribution in [2.24, 2.45) is 0 Å². The van der Waals surface area contributed by atoms with E-state index in [0.717, 1.165) is 51.4 Å². The number of hydrogen-bond acceptors (Lipinski definition) is 8. The van der Waals surface area contributed by atoms with Crippen LogP contribution < -0.4 is 4.89 Å². The highest BCUT2D eigenvalue weighted by atomic mass is 31.2. The third kappa shape index (κ3) is 36.8. The van der Waals surface area contributed by atoms with Gasteiger partial charge in [0.15, 0.2) is 6.10 Å². The summed E-state index contributed by atoms with van der Waals surface area (Å²) in [6, 6.07) is 0. The highest BCUT2D eigenvalue weighted by Gasteiger charge is 2.35. The first kappa shape index (κ1) is 53.8. The van der Waals surface area contributed by atoms with Crippen LogP contribution in [0.5, 0.6) is 0 Å². The van der Waals surface area contributed by atoms with Gasteiger partial charge in [0.05, 0.1) is 46.2 Å². The molecule has 1 fully saturated rings. The Morgan fingerprint density at radius 3 is 1.72 bits per heavy atom. The number of esters is 1. The molecule has 1 rings (SSSR count). The first-order valence-electron chi connectivity index (χ1n) is 22.8. The molecular weight excluding hydrogens is 750 g/mol. The van der Waals surface area contributed by atoms with Crippen LogP contribution in [0.3, 0.4) is 0 Å². The summed E-state index contributed by atoms with van der Waals surface area (Å²) < 4.78 is 40.0. The molecule has 1 heterocycles. The number of quaternary nitrogens is 1. The van der Waals surface area contributed by atoms with Gasteiger partial charge >= 0.3 is 5.97 Å². The molecule has 1 aliphatic rings. The number of carbonyl (C=O) groups excluding carboxylic acids is 1. The molecule has 0 aromatic carbocycles. The molecule has 1 saturated heterocycles. The molecule has 1 aliphatic heterocycles. The van der Waals surface area contributed by atoms with Crippen LogP contribution in [0.4, 0.5) is 0 Å². The zero-order chi connectivity index (χ0) is 42.4. The molecule has 0 bridgehead atoms. The van der Waals surface area contributed by atoms with Gasteiger partial charge in [-0.15, -0.1) is 0 Å². The second-order valence-corrected chi connectivity index (χ2v) is 17.9. The Labute approximate surface area is 355 Å². The van der Waals surface area contributed by atoms with Crippen molar-refractivity contribution in [3.05, 3.63) is 73.1 Å². The van der Waals surface area contributed by atoms with Gasteiger partial charge in [0, 0.05) is 6.42 Å². The first-order chi connectivity index (χ1) is 28.1. The highest BCUT2D eigenvalue weighted by molar-refractivity contribution is 7.45. The lowest BCUT2D eigenvalue weighted by molar-refractivity contribution is -0.870. The molecule has 0 spiro atoms. The summed E-state index contributed by atoms with van der Waals surface area (Å²) in [5.74, 6) is -0.377. The quantitative estimate of drug-likeness (QED) is 0.0114. The normalized spacial score (nSPS) is 17.8. The van der Waals surface area contributed by atoms with E-state index in [0.29, 0.717) is 29.7 Å². The monoisotopic (exact) mass is 834 g/mol. The molecule has 0 N–H and O–H groups in total. The molecular formula is C48H84NO8P. The van der Waals surface area contributed by atoms with E-state index in [4.69, 9.17) is 23.3 Å². The van der Waals surface area contributed by atoms with Gasteiger partial charge in [-0.05, 0) is 63.9 Å². The van der Waals surface area contributed by atoms with Gasteiger partial charge in [0.2, 0.25) is 0 Å². The fraction of sp³-hybridized carbons (Fsp3) is 0.729. The fourth-order valence-corrected chi connectivity index (χ4v) is 6.80. The van der Waals surface area contributed by atoms with Crippen LogP contribution in [0.1, 0.15) is 162 Å². The number of carbonyl (C=O) groups is 1. The van der Waals surface area contributed by atoms with E-state index in [-0.39, 0.29) is 32.2 Å². The minimum absolute atomic E-state index is 0.0114. The zero-order valence-corrected chi connectivity index (χ0v) is 38.3. The van der Waals surface area contributed by atoms with Crippen LogP contribution in [-0.2, 0) is 32.6 Å². The number of epoxide rings is 1. The van der Waals surface area contributed by atoms with Crippen LogP contribution in [0.25, 0.3) is 0 Å². The van der Waals surface area contributed by atoms with Crippen molar-refractivity contribution in [3.8, 4) is 0 Å². The van der Waals surface area contributed by atoms with Gasteiger partial charge in [0.1, 0.15) is 19.8 Å². The molecule has 0 aromatic rings. The lowest BCUT2D eigenvalue weighted by atomic mass is 10.0. The van der Waals surface area contributed by atoms with Gasteiger partial charge in [-0.3, -0.25) is 9.36 Å². The average molecular weight is 834 g/mol. The maximum atomic E-state index is 12.5. The lowest BCUT2D eigenvalue weighted by Crippen LogP contribution is -2.37. The molecule has 10 heteroatoms. The van der Waals surface area contributed by atoms with E-state index in [1.807, 2.05) is 39.4 Å². The lowest BCUT2D eigenvalue weighted by Gasteiger charge is -2.28. The summed E-state index contributed by atoms with van der Waals surface area (Å²) in [5, 5.41) is 0. The van der Waals surface area contributed by atoms with Gasteiger partial charge in [0.25, 0.3) is 7.82 Å². The molecule has 334 valence electrons. The number of ether oxygens (including phenoxy) is 3. The third-order valence-corrected chi connectivity index (χ3v) is 10.7. The SMILES string of the molecule is CC/C=C\CC1OC1C/C=C\C/C=C\C/C=C\C/C=C\CCC(=O)OC[C@H](COP(=O)([O-])OCC[N+](C)(C)C)O/C=C/CCCCCCCCCCCCCCCC. The second-order valence-electron chi connectivity index (χ2n) is 16.5. The van der Waals surface area contributed by atoms with Crippen molar-refractivity contribution in [2.45, 2.75) is 180 Å². The number of rotatable bonds is 40. The number of phosphoric acid groups is 1. The highest BCUT2D eigenvalue weighted by Crippen LogP contribution is 2.38. The maximum absolute atomic E-state index is 12.5.